The van der Waals surface area contributed by atoms with Crippen LogP contribution in [0.25, 0.3) is 0 Å². The fraction of sp³-hybridized carbons (Fsp3) is 0.182. The third-order valence-electron chi connectivity index (χ3n) is 1.64. The van der Waals surface area contributed by atoms with Crippen LogP contribution in [0.15, 0.2) is 36.6 Å². The Morgan fingerprint density at radius 2 is 1.93 bits per heavy atom. The standard InChI is InChI=1S/C11H12O3/c1-3-8-14-11(12)9-4-6-10(13-2)7-5-9/h3-8H,1-2H3/b8-3+. The molecule has 0 N–H and O–H groups in total. The van der Waals surface area contributed by atoms with E-state index in [0.29, 0.717) is 11.3 Å². The van der Waals surface area contributed by atoms with Gasteiger partial charge in [-0.3, -0.25) is 0 Å². The molecule has 74 valence electrons. The van der Waals surface area contributed by atoms with Crippen molar-refractivity contribution in [3.05, 3.63) is 42.2 Å². The first-order valence-electron chi connectivity index (χ1n) is 4.24. The smallest absolute Gasteiger partial charge is 0.342 e. The SMILES string of the molecule is C/C=C/OC(=O)c1ccc(OC)cc1. The third kappa shape index (κ3) is 2.62. The fourth-order valence-corrected chi connectivity index (χ4v) is 0.925. The first-order valence-corrected chi connectivity index (χ1v) is 4.24. The molecule has 0 aliphatic heterocycles. The maximum Gasteiger partial charge on any atom is 0.342 e. The molecule has 0 aromatic heterocycles. The summed E-state index contributed by atoms with van der Waals surface area (Å²) < 4.78 is 9.75. The normalized spacial score (nSPS) is 10.1. The number of benzene rings is 1. The first kappa shape index (κ1) is 10.3. The van der Waals surface area contributed by atoms with Gasteiger partial charge in [-0.15, -0.1) is 0 Å². The summed E-state index contributed by atoms with van der Waals surface area (Å²) in [6.07, 6.45) is 3.01. The molecule has 0 fully saturated rings. The number of carbonyl (C=O) groups excluding carboxylic acids is 1. The number of hydrogen-bond acceptors (Lipinski definition) is 3. The molecule has 14 heavy (non-hydrogen) atoms. The molecular weight excluding hydrogens is 180 g/mol. The predicted octanol–water partition coefficient (Wildman–Crippen LogP) is 2.39. The average molecular weight is 192 g/mol. The van der Waals surface area contributed by atoms with Crippen molar-refractivity contribution in [3.63, 3.8) is 0 Å². The molecular formula is C11H12O3. The zero-order chi connectivity index (χ0) is 10.4. The molecule has 0 aliphatic rings. The van der Waals surface area contributed by atoms with Crippen LogP contribution in [0, 0.1) is 0 Å². The maximum atomic E-state index is 11.3. The molecule has 0 saturated carbocycles. The zero-order valence-electron chi connectivity index (χ0n) is 8.19. The van der Waals surface area contributed by atoms with Crippen molar-refractivity contribution in [1.29, 1.82) is 0 Å². The minimum absolute atomic E-state index is 0.370. The molecule has 1 aromatic carbocycles. The van der Waals surface area contributed by atoms with Crippen molar-refractivity contribution in [3.8, 4) is 5.75 Å². The molecule has 0 amide bonds. The van der Waals surface area contributed by atoms with Gasteiger partial charge in [0.05, 0.1) is 18.9 Å². The van der Waals surface area contributed by atoms with Crippen LogP contribution in [0.1, 0.15) is 17.3 Å². The van der Waals surface area contributed by atoms with E-state index in [1.165, 1.54) is 6.26 Å². The van der Waals surface area contributed by atoms with Gasteiger partial charge in [0.1, 0.15) is 5.75 Å². The van der Waals surface area contributed by atoms with Gasteiger partial charge in [0.25, 0.3) is 0 Å². The second-order valence-electron chi connectivity index (χ2n) is 2.60. The topological polar surface area (TPSA) is 35.5 Å². The molecule has 0 saturated heterocycles. The van der Waals surface area contributed by atoms with Crippen molar-refractivity contribution in [1.82, 2.24) is 0 Å². The summed E-state index contributed by atoms with van der Waals surface area (Å²) in [5.74, 6) is 0.346. The van der Waals surface area contributed by atoms with Crippen LogP contribution in [0.5, 0.6) is 5.75 Å². The van der Waals surface area contributed by atoms with Gasteiger partial charge in [-0.05, 0) is 31.2 Å². The number of hydrogen-bond donors (Lipinski definition) is 0. The van der Waals surface area contributed by atoms with Crippen LogP contribution in [-0.2, 0) is 4.74 Å². The molecule has 0 heterocycles. The average Bonchev–Trinajstić information content (AvgIpc) is 2.26. The summed E-state index contributed by atoms with van der Waals surface area (Å²) in [6.45, 7) is 1.78. The van der Waals surface area contributed by atoms with E-state index in [9.17, 15) is 4.79 Å². The molecule has 1 rings (SSSR count). The van der Waals surface area contributed by atoms with E-state index in [1.54, 1.807) is 44.4 Å². The Kier molecular flexibility index (Phi) is 3.73. The Labute approximate surface area is 83.0 Å². The highest BCUT2D eigenvalue weighted by molar-refractivity contribution is 5.89. The van der Waals surface area contributed by atoms with E-state index >= 15 is 0 Å². The van der Waals surface area contributed by atoms with Crippen molar-refractivity contribution in [2.75, 3.05) is 7.11 Å². The van der Waals surface area contributed by atoms with E-state index < -0.39 is 0 Å². The zero-order valence-corrected chi connectivity index (χ0v) is 8.19. The molecule has 0 unspecified atom stereocenters. The van der Waals surface area contributed by atoms with Crippen LogP contribution in [0.4, 0.5) is 0 Å². The quantitative estimate of drug-likeness (QED) is 0.545. The van der Waals surface area contributed by atoms with Crippen LogP contribution in [-0.4, -0.2) is 13.1 Å². The highest BCUT2D eigenvalue weighted by atomic mass is 16.5. The second kappa shape index (κ2) is 5.07. The summed E-state index contributed by atoms with van der Waals surface area (Å²) in [5, 5.41) is 0. The van der Waals surface area contributed by atoms with Gasteiger partial charge in [-0.1, -0.05) is 6.08 Å². The highest BCUT2D eigenvalue weighted by Crippen LogP contribution is 2.11. The van der Waals surface area contributed by atoms with Gasteiger partial charge >= 0.3 is 5.97 Å². The fourth-order valence-electron chi connectivity index (χ4n) is 0.925. The minimum atomic E-state index is -0.370. The Morgan fingerprint density at radius 3 is 2.43 bits per heavy atom. The van der Waals surface area contributed by atoms with Gasteiger partial charge < -0.3 is 9.47 Å². The Morgan fingerprint density at radius 1 is 1.29 bits per heavy atom. The summed E-state index contributed by atoms with van der Waals surface area (Å²) in [7, 11) is 1.58. The number of esters is 1. The number of carbonyl (C=O) groups is 1. The molecule has 0 aliphatic carbocycles. The molecule has 0 bridgehead atoms. The number of rotatable bonds is 3. The lowest BCUT2D eigenvalue weighted by Gasteiger charge is -2.01. The summed E-state index contributed by atoms with van der Waals surface area (Å²) in [6, 6.07) is 6.74. The van der Waals surface area contributed by atoms with E-state index in [4.69, 9.17) is 9.47 Å². The Hall–Kier alpha value is -1.77. The van der Waals surface area contributed by atoms with Crippen molar-refractivity contribution < 1.29 is 14.3 Å². The Balaban J connectivity index is 2.71. The van der Waals surface area contributed by atoms with Crippen molar-refractivity contribution in [2.24, 2.45) is 0 Å². The first-order chi connectivity index (χ1) is 6.77. The van der Waals surface area contributed by atoms with E-state index in [-0.39, 0.29) is 5.97 Å². The third-order valence-corrected chi connectivity index (χ3v) is 1.64. The van der Waals surface area contributed by atoms with Gasteiger partial charge in [-0.2, -0.15) is 0 Å². The van der Waals surface area contributed by atoms with E-state index in [2.05, 4.69) is 0 Å². The van der Waals surface area contributed by atoms with Gasteiger partial charge in [-0.25, -0.2) is 4.79 Å². The van der Waals surface area contributed by atoms with E-state index in [1.807, 2.05) is 0 Å². The monoisotopic (exact) mass is 192 g/mol. The van der Waals surface area contributed by atoms with E-state index in [0.717, 1.165) is 0 Å². The molecule has 0 radical (unpaired) electrons. The number of ether oxygens (including phenoxy) is 2. The lowest BCUT2D eigenvalue weighted by molar-refractivity contribution is 0.0662. The minimum Gasteiger partial charge on any atom is -0.497 e. The molecule has 3 nitrogen and oxygen atoms in total. The van der Waals surface area contributed by atoms with Crippen LogP contribution < -0.4 is 4.74 Å². The summed E-state index contributed by atoms with van der Waals surface area (Å²) >= 11 is 0. The van der Waals surface area contributed by atoms with Crippen molar-refractivity contribution in [2.45, 2.75) is 6.92 Å². The van der Waals surface area contributed by atoms with Crippen LogP contribution >= 0.6 is 0 Å². The summed E-state index contributed by atoms with van der Waals surface area (Å²) in [4.78, 5) is 11.3. The summed E-state index contributed by atoms with van der Waals surface area (Å²) in [5.41, 5.74) is 0.504. The molecule has 0 atom stereocenters. The van der Waals surface area contributed by atoms with Crippen molar-refractivity contribution >= 4 is 5.97 Å². The maximum absolute atomic E-state index is 11.3. The van der Waals surface area contributed by atoms with Crippen LogP contribution in [0.2, 0.25) is 0 Å². The lowest BCUT2D eigenvalue weighted by atomic mass is 10.2. The predicted molar refractivity (Wildman–Crippen MR) is 53.2 cm³/mol. The highest BCUT2D eigenvalue weighted by Gasteiger charge is 2.04. The Bertz CT molecular complexity index is 325. The number of allylic oxidation sites excluding steroid dienone is 1. The molecule has 1 aromatic rings. The van der Waals surface area contributed by atoms with Crippen LogP contribution in [0.3, 0.4) is 0 Å². The van der Waals surface area contributed by atoms with Gasteiger partial charge in [0, 0.05) is 0 Å². The van der Waals surface area contributed by atoms with Gasteiger partial charge in [0.15, 0.2) is 0 Å². The second-order valence-corrected chi connectivity index (χ2v) is 2.60. The molecule has 0 spiro atoms. The largest absolute Gasteiger partial charge is 0.497 e. The lowest BCUT2D eigenvalue weighted by Crippen LogP contribution is -1.99. The molecule has 3 heteroatoms. The number of methoxy groups -OCH3 is 1. The van der Waals surface area contributed by atoms with Gasteiger partial charge in [0.2, 0.25) is 0 Å².